The van der Waals surface area contributed by atoms with Gasteiger partial charge in [0.25, 0.3) is 0 Å². The van der Waals surface area contributed by atoms with Crippen LogP contribution in [0.15, 0.2) is 42.5 Å². The number of fused-ring (bicyclic) bond motifs is 1. The molecule has 1 heterocycles. The summed E-state index contributed by atoms with van der Waals surface area (Å²) < 4.78 is 0. The average molecular weight is 299 g/mol. The Morgan fingerprint density at radius 1 is 0.905 bits per heavy atom. The molecule has 0 spiro atoms. The van der Waals surface area contributed by atoms with Gasteiger partial charge in [-0.25, -0.2) is 4.98 Å². The van der Waals surface area contributed by atoms with Crippen LogP contribution in [-0.2, 0) is 0 Å². The smallest absolute Gasteiger partial charge is 0.131 e. The van der Waals surface area contributed by atoms with Gasteiger partial charge in [0.1, 0.15) is 5.82 Å². The molecule has 1 aromatic heterocycles. The van der Waals surface area contributed by atoms with Crippen LogP contribution in [0.2, 0.25) is 0 Å². The summed E-state index contributed by atoms with van der Waals surface area (Å²) in [5.74, 6) is 0.597. The molecule has 2 nitrogen and oxygen atoms in total. The van der Waals surface area contributed by atoms with Crippen molar-refractivity contribution in [3.63, 3.8) is 0 Å². The fourth-order valence-electron chi connectivity index (χ4n) is 2.75. The van der Waals surface area contributed by atoms with Crippen molar-refractivity contribution in [2.24, 2.45) is 0 Å². The van der Waals surface area contributed by atoms with Crippen molar-refractivity contribution in [1.29, 1.82) is 0 Å². The number of pyridine rings is 1. The van der Waals surface area contributed by atoms with E-state index in [1.165, 1.54) is 22.3 Å². The summed E-state index contributed by atoms with van der Waals surface area (Å²) in [6, 6.07) is 14.7. The summed E-state index contributed by atoms with van der Waals surface area (Å²) in [4.78, 5) is 4.60. The molecule has 0 saturated heterocycles. The van der Waals surface area contributed by atoms with Crippen molar-refractivity contribution in [2.45, 2.75) is 20.8 Å². The number of benzene rings is 2. The Kier molecular flexibility index (Phi) is 4.19. The monoisotopic (exact) mass is 298 g/mol. The third-order valence-corrected chi connectivity index (χ3v) is 3.75. The lowest BCUT2D eigenvalue weighted by molar-refractivity contribution is 1.30. The number of hydrogen-bond acceptors (Lipinski definition) is 2. The molecular formula is C18H19ClN2. The Hall–Kier alpha value is -2.06. The van der Waals surface area contributed by atoms with Crippen LogP contribution >= 0.6 is 12.4 Å². The zero-order valence-electron chi connectivity index (χ0n) is 12.5. The predicted molar refractivity (Wildman–Crippen MR) is 93.1 cm³/mol. The van der Waals surface area contributed by atoms with Gasteiger partial charge in [0.2, 0.25) is 0 Å². The number of aryl methyl sites for hydroxylation is 3. The number of rotatable bonds is 1. The van der Waals surface area contributed by atoms with E-state index < -0.39 is 0 Å². The molecule has 0 aliphatic carbocycles. The minimum absolute atomic E-state index is 0. The molecule has 0 saturated carbocycles. The summed E-state index contributed by atoms with van der Waals surface area (Å²) >= 11 is 0. The Morgan fingerprint density at radius 2 is 1.57 bits per heavy atom. The van der Waals surface area contributed by atoms with Crippen LogP contribution in [0.1, 0.15) is 16.7 Å². The number of halogens is 1. The first-order valence-corrected chi connectivity index (χ1v) is 6.80. The summed E-state index contributed by atoms with van der Waals surface area (Å²) in [6.07, 6.45) is 0. The van der Waals surface area contributed by atoms with Crippen molar-refractivity contribution in [3.8, 4) is 11.3 Å². The van der Waals surface area contributed by atoms with Gasteiger partial charge in [0.05, 0.1) is 5.69 Å². The summed E-state index contributed by atoms with van der Waals surface area (Å²) in [6.45, 7) is 6.32. The Bertz CT molecular complexity index is 789. The van der Waals surface area contributed by atoms with Gasteiger partial charge in [-0.1, -0.05) is 42.0 Å². The highest BCUT2D eigenvalue weighted by Gasteiger charge is 2.10. The Labute approximate surface area is 131 Å². The lowest BCUT2D eigenvalue weighted by Crippen LogP contribution is -1.97. The molecule has 3 rings (SSSR count). The maximum Gasteiger partial charge on any atom is 0.131 e. The fraction of sp³-hybridized carbons (Fsp3) is 0.167. The van der Waals surface area contributed by atoms with Gasteiger partial charge in [-0.05, 0) is 43.4 Å². The molecule has 0 unspecified atom stereocenters. The van der Waals surface area contributed by atoms with Gasteiger partial charge >= 0.3 is 0 Å². The second-order valence-electron chi connectivity index (χ2n) is 5.38. The molecule has 0 atom stereocenters. The van der Waals surface area contributed by atoms with Gasteiger partial charge in [-0.3, -0.25) is 0 Å². The highest BCUT2D eigenvalue weighted by molar-refractivity contribution is 5.94. The van der Waals surface area contributed by atoms with E-state index in [1.807, 2.05) is 6.07 Å². The molecule has 0 radical (unpaired) electrons. The highest BCUT2D eigenvalue weighted by Crippen LogP contribution is 2.30. The maximum absolute atomic E-state index is 6.13. The van der Waals surface area contributed by atoms with E-state index in [0.717, 1.165) is 16.5 Å². The van der Waals surface area contributed by atoms with E-state index in [-0.39, 0.29) is 12.4 Å². The second-order valence-corrected chi connectivity index (χ2v) is 5.38. The third-order valence-electron chi connectivity index (χ3n) is 3.75. The molecule has 0 amide bonds. The van der Waals surface area contributed by atoms with Crippen molar-refractivity contribution in [2.75, 3.05) is 5.73 Å². The number of nitrogens with zero attached hydrogens (tertiary/aromatic N) is 1. The molecule has 0 aliphatic heterocycles. The molecule has 21 heavy (non-hydrogen) atoms. The van der Waals surface area contributed by atoms with Crippen LogP contribution in [0.5, 0.6) is 0 Å². The van der Waals surface area contributed by atoms with Gasteiger partial charge in [0.15, 0.2) is 0 Å². The van der Waals surface area contributed by atoms with Crippen LogP contribution in [0, 0.1) is 20.8 Å². The van der Waals surface area contributed by atoms with E-state index >= 15 is 0 Å². The molecule has 3 heteroatoms. The number of aromatic nitrogens is 1. The van der Waals surface area contributed by atoms with Crippen LogP contribution in [0.4, 0.5) is 5.82 Å². The second kappa shape index (κ2) is 5.74. The molecule has 108 valence electrons. The fourth-order valence-corrected chi connectivity index (χ4v) is 2.75. The normalized spacial score (nSPS) is 10.4. The van der Waals surface area contributed by atoms with Crippen molar-refractivity contribution in [1.82, 2.24) is 4.98 Å². The van der Waals surface area contributed by atoms with Crippen molar-refractivity contribution >= 4 is 29.0 Å². The van der Waals surface area contributed by atoms with Crippen LogP contribution in [-0.4, -0.2) is 4.98 Å². The van der Waals surface area contributed by atoms with Crippen molar-refractivity contribution in [3.05, 3.63) is 59.2 Å². The average Bonchev–Trinajstić information content (AvgIpc) is 2.38. The van der Waals surface area contributed by atoms with E-state index in [2.05, 4.69) is 62.2 Å². The molecule has 0 aliphatic rings. The quantitative estimate of drug-likeness (QED) is 0.699. The van der Waals surface area contributed by atoms with Crippen LogP contribution < -0.4 is 5.73 Å². The Balaban J connectivity index is 0.00000161. The zero-order valence-corrected chi connectivity index (χ0v) is 13.3. The zero-order chi connectivity index (χ0) is 14.3. The largest absolute Gasteiger partial charge is 0.383 e. The molecule has 0 bridgehead atoms. The lowest BCUT2D eigenvalue weighted by Gasteiger charge is -2.12. The minimum atomic E-state index is 0. The number of hydrogen-bond donors (Lipinski definition) is 1. The predicted octanol–water partition coefficient (Wildman–Crippen LogP) is 4.83. The SMILES string of the molecule is Cc1ccc2c(N)nc(-c3c(C)cccc3C)cc2c1.Cl. The minimum Gasteiger partial charge on any atom is -0.383 e. The maximum atomic E-state index is 6.13. The molecular weight excluding hydrogens is 280 g/mol. The van der Waals surface area contributed by atoms with Crippen LogP contribution in [0.25, 0.3) is 22.0 Å². The molecule has 2 N–H and O–H groups in total. The van der Waals surface area contributed by atoms with Gasteiger partial charge in [0, 0.05) is 10.9 Å². The van der Waals surface area contributed by atoms with Gasteiger partial charge in [-0.2, -0.15) is 0 Å². The van der Waals surface area contributed by atoms with E-state index in [4.69, 9.17) is 5.73 Å². The lowest BCUT2D eigenvalue weighted by atomic mass is 9.98. The topological polar surface area (TPSA) is 38.9 Å². The molecule has 0 fully saturated rings. The van der Waals surface area contributed by atoms with Gasteiger partial charge in [-0.15, -0.1) is 12.4 Å². The highest BCUT2D eigenvalue weighted by atomic mass is 35.5. The third kappa shape index (κ3) is 2.72. The molecule has 3 aromatic rings. The van der Waals surface area contributed by atoms with E-state index in [1.54, 1.807) is 0 Å². The summed E-state index contributed by atoms with van der Waals surface area (Å²) in [5.41, 5.74) is 12.0. The number of nitrogen functional groups attached to an aromatic ring is 1. The first kappa shape index (κ1) is 15.3. The summed E-state index contributed by atoms with van der Waals surface area (Å²) in [5, 5.41) is 2.17. The van der Waals surface area contributed by atoms with Gasteiger partial charge < -0.3 is 5.73 Å². The standard InChI is InChI=1S/C18H18N2.ClH/c1-11-7-8-15-14(9-11)10-16(20-18(15)19)17-12(2)5-4-6-13(17)3;/h4-10H,1-3H3,(H2,19,20);1H. The number of anilines is 1. The van der Waals surface area contributed by atoms with Crippen molar-refractivity contribution < 1.29 is 0 Å². The first-order valence-electron chi connectivity index (χ1n) is 6.80. The van der Waals surface area contributed by atoms with E-state index in [9.17, 15) is 0 Å². The summed E-state index contributed by atoms with van der Waals surface area (Å²) in [7, 11) is 0. The number of nitrogens with two attached hydrogens (primary N) is 1. The first-order chi connectivity index (χ1) is 9.56. The molecule has 2 aromatic carbocycles. The van der Waals surface area contributed by atoms with E-state index in [0.29, 0.717) is 5.82 Å². The van der Waals surface area contributed by atoms with Crippen LogP contribution in [0.3, 0.4) is 0 Å². The Morgan fingerprint density at radius 3 is 2.24 bits per heavy atom.